The van der Waals surface area contributed by atoms with Crippen molar-refractivity contribution >= 4 is 10.8 Å². The van der Waals surface area contributed by atoms with Crippen LogP contribution in [0.5, 0.6) is 5.75 Å². The maximum Gasteiger partial charge on any atom is 0.128 e. The summed E-state index contributed by atoms with van der Waals surface area (Å²) in [6, 6.07) is 33.7. The summed E-state index contributed by atoms with van der Waals surface area (Å²) in [6.07, 6.45) is 0.987. The third kappa shape index (κ3) is 3.21. The summed E-state index contributed by atoms with van der Waals surface area (Å²) in [5.74, 6) is 0.941. The predicted molar refractivity (Wildman–Crippen MR) is 109 cm³/mol. The van der Waals surface area contributed by atoms with Crippen molar-refractivity contribution < 1.29 is 4.74 Å². The van der Waals surface area contributed by atoms with Gasteiger partial charge in [0, 0.05) is 5.39 Å². The Morgan fingerprint density at radius 1 is 0.654 bits per heavy atom. The lowest BCUT2D eigenvalue weighted by atomic mass is 9.97. The molecule has 0 aliphatic heterocycles. The molecule has 4 aromatic rings. The molecule has 0 radical (unpaired) electrons. The van der Waals surface area contributed by atoms with Gasteiger partial charge in [0.25, 0.3) is 0 Å². The second-order valence-corrected chi connectivity index (χ2v) is 6.45. The Labute approximate surface area is 154 Å². The van der Waals surface area contributed by atoms with E-state index in [0.29, 0.717) is 0 Å². The summed E-state index contributed by atoms with van der Waals surface area (Å²) < 4.78 is 6.45. The molecule has 0 aromatic heterocycles. The minimum atomic E-state index is 0.0576. The Bertz CT molecular complexity index is 990. The van der Waals surface area contributed by atoms with Crippen LogP contribution in [0.1, 0.15) is 25.0 Å². The Balaban J connectivity index is 1.77. The fourth-order valence-corrected chi connectivity index (χ4v) is 3.45. The van der Waals surface area contributed by atoms with Crippen molar-refractivity contribution in [2.75, 3.05) is 0 Å². The molecule has 1 unspecified atom stereocenters. The maximum absolute atomic E-state index is 6.45. The zero-order valence-corrected chi connectivity index (χ0v) is 14.9. The van der Waals surface area contributed by atoms with E-state index in [1.165, 1.54) is 22.1 Å². The molecule has 4 rings (SSSR count). The van der Waals surface area contributed by atoms with Gasteiger partial charge in [-0.15, -0.1) is 0 Å². The highest BCUT2D eigenvalue weighted by Gasteiger charge is 2.14. The standard InChI is InChI=1S/C25H22O/c1-2-24(20-13-7-4-8-14-20)26-25-18-17-21(19-11-5-3-6-12-19)22-15-9-10-16-23(22)25/h3-18,24H,2H2,1H3. The van der Waals surface area contributed by atoms with Gasteiger partial charge >= 0.3 is 0 Å². The smallest absolute Gasteiger partial charge is 0.128 e. The largest absolute Gasteiger partial charge is 0.485 e. The molecule has 1 atom stereocenters. The van der Waals surface area contributed by atoms with Crippen LogP contribution < -0.4 is 4.74 Å². The second kappa shape index (κ2) is 7.45. The van der Waals surface area contributed by atoms with Crippen molar-refractivity contribution in [3.63, 3.8) is 0 Å². The van der Waals surface area contributed by atoms with Crippen LogP contribution in [0.25, 0.3) is 21.9 Å². The van der Waals surface area contributed by atoms with E-state index in [2.05, 4.69) is 97.9 Å². The Kier molecular flexibility index (Phi) is 4.70. The number of ether oxygens (including phenoxy) is 1. The van der Waals surface area contributed by atoms with E-state index >= 15 is 0 Å². The van der Waals surface area contributed by atoms with Gasteiger partial charge in [0.1, 0.15) is 11.9 Å². The molecule has 0 aliphatic carbocycles. The lowest BCUT2D eigenvalue weighted by Crippen LogP contribution is -2.06. The summed E-state index contributed by atoms with van der Waals surface area (Å²) in [7, 11) is 0. The van der Waals surface area contributed by atoms with Gasteiger partial charge in [-0.25, -0.2) is 0 Å². The van der Waals surface area contributed by atoms with Gasteiger partial charge in [-0.05, 0) is 34.6 Å². The minimum absolute atomic E-state index is 0.0576. The molecule has 128 valence electrons. The van der Waals surface area contributed by atoms with E-state index in [9.17, 15) is 0 Å². The molecule has 0 aliphatic rings. The lowest BCUT2D eigenvalue weighted by molar-refractivity contribution is 0.204. The van der Waals surface area contributed by atoms with Crippen LogP contribution in [0, 0.1) is 0 Å². The SMILES string of the molecule is CCC(Oc1ccc(-c2ccccc2)c2ccccc12)c1ccccc1. The van der Waals surface area contributed by atoms with Gasteiger partial charge in [-0.3, -0.25) is 0 Å². The number of benzene rings is 4. The summed E-state index contributed by atoms with van der Waals surface area (Å²) >= 11 is 0. The molecule has 1 nitrogen and oxygen atoms in total. The van der Waals surface area contributed by atoms with Crippen LogP contribution in [-0.2, 0) is 0 Å². The third-order valence-corrected chi connectivity index (χ3v) is 4.78. The monoisotopic (exact) mass is 338 g/mol. The first kappa shape index (κ1) is 16.4. The normalized spacial score (nSPS) is 12.0. The van der Waals surface area contributed by atoms with E-state index in [1.807, 2.05) is 6.07 Å². The molecule has 4 aromatic carbocycles. The summed E-state index contributed by atoms with van der Waals surface area (Å²) in [5.41, 5.74) is 3.68. The highest BCUT2D eigenvalue weighted by Crippen LogP contribution is 2.36. The average molecular weight is 338 g/mol. The van der Waals surface area contributed by atoms with Gasteiger partial charge in [-0.2, -0.15) is 0 Å². The van der Waals surface area contributed by atoms with Crippen molar-refractivity contribution in [3.8, 4) is 16.9 Å². The van der Waals surface area contributed by atoms with Gasteiger partial charge in [0.2, 0.25) is 0 Å². The Morgan fingerprint density at radius 3 is 1.96 bits per heavy atom. The van der Waals surface area contributed by atoms with E-state index in [4.69, 9.17) is 4.74 Å². The van der Waals surface area contributed by atoms with Gasteiger partial charge in [-0.1, -0.05) is 97.9 Å². The highest BCUT2D eigenvalue weighted by molar-refractivity contribution is 6.00. The molecule has 0 fully saturated rings. The van der Waals surface area contributed by atoms with E-state index in [0.717, 1.165) is 17.6 Å². The van der Waals surface area contributed by atoms with E-state index in [1.54, 1.807) is 0 Å². The number of rotatable bonds is 5. The van der Waals surface area contributed by atoms with Crippen LogP contribution in [0.15, 0.2) is 97.1 Å². The van der Waals surface area contributed by atoms with Crippen molar-refractivity contribution in [1.82, 2.24) is 0 Å². The molecule has 0 spiro atoms. The van der Waals surface area contributed by atoms with Crippen LogP contribution in [-0.4, -0.2) is 0 Å². The molecule has 0 bridgehead atoms. The van der Waals surface area contributed by atoms with Gasteiger partial charge in [0.15, 0.2) is 0 Å². The maximum atomic E-state index is 6.45. The fourth-order valence-electron chi connectivity index (χ4n) is 3.45. The molecule has 0 amide bonds. The first-order chi connectivity index (χ1) is 12.9. The molecule has 0 saturated carbocycles. The van der Waals surface area contributed by atoms with Gasteiger partial charge in [0.05, 0.1) is 0 Å². The number of hydrogen-bond acceptors (Lipinski definition) is 1. The van der Waals surface area contributed by atoms with Crippen LogP contribution >= 0.6 is 0 Å². The first-order valence-electron chi connectivity index (χ1n) is 9.15. The zero-order chi connectivity index (χ0) is 17.8. The summed E-state index contributed by atoms with van der Waals surface area (Å²) in [4.78, 5) is 0. The summed E-state index contributed by atoms with van der Waals surface area (Å²) in [5, 5.41) is 2.38. The fraction of sp³-hybridized carbons (Fsp3) is 0.120. The second-order valence-electron chi connectivity index (χ2n) is 6.45. The Hall–Kier alpha value is -3.06. The van der Waals surface area contributed by atoms with E-state index < -0.39 is 0 Å². The molecular formula is C25H22O. The third-order valence-electron chi connectivity index (χ3n) is 4.78. The molecular weight excluding hydrogens is 316 g/mol. The number of hydrogen-bond donors (Lipinski definition) is 0. The Morgan fingerprint density at radius 2 is 1.27 bits per heavy atom. The molecule has 0 saturated heterocycles. The van der Waals surface area contributed by atoms with Crippen molar-refractivity contribution in [2.24, 2.45) is 0 Å². The minimum Gasteiger partial charge on any atom is -0.485 e. The predicted octanol–water partition coefficient (Wildman–Crippen LogP) is 7.04. The quantitative estimate of drug-likeness (QED) is 0.379. The first-order valence-corrected chi connectivity index (χ1v) is 9.15. The molecule has 0 N–H and O–H groups in total. The van der Waals surface area contributed by atoms with Crippen LogP contribution in [0.3, 0.4) is 0 Å². The molecule has 0 heterocycles. The zero-order valence-electron chi connectivity index (χ0n) is 14.9. The summed E-state index contributed by atoms with van der Waals surface area (Å²) in [6.45, 7) is 2.16. The topological polar surface area (TPSA) is 9.23 Å². The van der Waals surface area contributed by atoms with Gasteiger partial charge < -0.3 is 4.74 Å². The number of fused-ring (bicyclic) bond motifs is 1. The van der Waals surface area contributed by atoms with E-state index in [-0.39, 0.29) is 6.10 Å². The average Bonchev–Trinajstić information content (AvgIpc) is 2.73. The molecule has 26 heavy (non-hydrogen) atoms. The van der Waals surface area contributed by atoms with Crippen molar-refractivity contribution in [3.05, 3.63) is 103 Å². The lowest BCUT2D eigenvalue weighted by Gasteiger charge is -2.20. The van der Waals surface area contributed by atoms with Crippen molar-refractivity contribution in [1.29, 1.82) is 0 Å². The highest BCUT2D eigenvalue weighted by atomic mass is 16.5. The van der Waals surface area contributed by atoms with Crippen molar-refractivity contribution in [2.45, 2.75) is 19.4 Å². The molecule has 1 heteroatoms. The van der Waals surface area contributed by atoms with Crippen LogP contribution in [0.2, 0.25) is 0 Å². The van der Waals surface area contributed by atoms with Crippen LogP contribution in [0.4, 0.5) is 0 Å².